The molecule has 1 saturated heterocycles. The standard InChI is InChI=1S/C7H15NO/c1-5(2)8-6(3)7(8)4-9/h5-7,9H,4H2,1-3H3/t6-,7+,8?/m0/s1. The summed E-state index contributed by atoms with van der Waals surface area (Å²) in [7, 11) is 0. The molecule has 0 radical (unpaired) electrons. The maximum absolute atomic E-state index is 8.75. The molecule has 0 spiro atoms. The Morgan fingerprint density at radius 1 is 1.56 bits per heavy atom. The van der Waals surface area contributed by atoms with Crippen molar-refractivity contribution in [3.05, 3.63) is 0 Å². The Bertz CT molecular complexity index is 103. The second-order valence-corrected chi connectivity index (χ2v) is 3.03. The van der Waals surface area contributed by atoms with Gasteiger partial charge in [-0.25, -0.2) is 0 Å². The van der Waals surface area contributed by atoms with Crippen molar-refractivity contribution in [2.75, 3.05) is 6.61 Å². The fourth-order valence-electron chi connectivity index (χ4n) is 1.54. The van der Waals surface area contributed by atoms with Crippen LogP contribution in [0.3, 0.4) is 0 Å². The minimum atomic E-state index is 0.319. The Morgan fingerprint density at radius 2 is 2.11 bits per heavy atom. The van der Waals surface area contributed by atoms with E-state index in [9.17, 15) is 0 Å². The van der Waals surface area contributed by atoms with Gasteiger partial charge in [0.05, 0.1) is 6.61 Å². The molecule has 1 N–H and O–H groups in total. The number of aliphatic hydroxyl groups is 1. The maximum atomic E-state index is 8.75. The van der Waals surface area contributed by atoms with Crippen molar-refractivity contribution in [3.63, 3.8) is 0 Å². The quantitative estimate of drug-likeness (QED) is 0.547. The van der Waals surface area contributed by atoms with Gasteiger partial charge in [-0.2, -0.15) is 0 Å². The Balaban J connectivity index is 2.33. The molecule has 1 aliphatic rings. The van der Waals surface area contributed by atoms with E-state index in [2.05, 4.69) is 25.7 Å². The molecule has 54 valence electrons. The first-order valence-electron chi connectivity index (χ1n) is 3.56. The topological polar surface area (TPSA) is 23.2 Å². The monoisotopic (exact) mass is 129 g/mol. The van der Waals surface area contributed by atoms with Crippen LogP contribution in [0.5, 0.6) is 0 Å². The van der Waals surface area contributed by atoms with E-state index in [4.69, 9.17) is 5.11 Å². The van der Waals surface area contributed by atoms with Crippen molar-refractivity contribution in [2.45, 2.75) is 38.9 Å². The third-order valence-corrected chi connectivity index (χ3v) is 2.10. The van der Waals surface area contributed by atoms with Crippen molar-refractivity contribution >= 4 is 0 Å². The molecule has 0 saturated carbocycles. The molecule has 1 unspecified atom stereocenters. The maximum Gasteiger partial charge on any atom is 0.0602 e. The molecule has 1 aliphatic heterocycles. The van der Waals surface area contributed by atoms with Crippen molar-refractivity contribution in [1.29, 1.82) is 0 Å². The highest BCUT2D eigenvalue weighted by Gasteiger charge is 2.44. The molecule has 2 nitrogen and oxygen atoms in total. The highest BCUT2D eigenvalue weighted by Crippen LogP contribution is 2.29. The lowest BCUT2D eigenvalue weighted by molar-refractivity contribution is 0.262. The van der Waals surface area contributed by atoms with Gasteiger partial charge in [0.1, 0.15) is 0 Å². The normalized spacial score (nSPS) is 41.7. The van der Waals surface area contributed by atoms with Crippen molar-refractivity contribution in [1.82, 2.24) is 4.90 Å². The van der Waals surface area contributed by atoms with Crippen LogP contribution in [-0.4, -0.2) is 34.7 Å². The van der Waals surface area contributed by atoms with Crippen molar-refractivity contribution < 1.29 is 5.11 Å². The molecule has 9 heavy (non-hydrogen) atoms. The second kappa shape index (κ2) is 2.27. The van der Waals surface area contributed by atoms with Gasteiger partial charge in [0.2, 0.25) is 0 Å². The van der Waals surface area contributed by atoms with Crippen LogP contribution in [0.15, 0.2) is 0 Å². The second-order valence-electron chi connectivity index (χ2n) is 3.03. The largest absolute Gasteiger partial charge is 0.395 e. The summed E-state index contributed by atoms with van der Waals surface area (Å²) in [5.74, 6) is 0. The number of nitrogens with zero attached hydrogens (tertiary/aromatic N) is 1. The summed E-state index contributed by atoms with van der Waals surface area (Å²) in [6, 6.07) is 1.65. The predicted molar refractivity (Wildman–Crippen MR) is 37.3 cm³/mol. The molecule has 0 bridgehead atoms. The van der Waals surface area contributed by atoms with Crippen LogP contribution in [0, 0.1) is 0 Å². The molecule has 0 aromatic heterocycles. The smallest absolute Gasteiger partial charge is 0.0602 e. The van der Waals surface area contributed by atoms with E-state index in [0.29, 0.717) is 24.7 Å². The summed E-state index contributed by atoms with van der Waals surface area (Å²) in [4.78, 5) is 2.31. The van der Waals surface area contributed by atoms with Gasteiger partial charge in [-0.3, -0.25) is 4.90 Å². The molecule has 1 rings (SSSR count). The Morgan fingerprint density at radius 3 is 2.22 bits per heavy atom. The molecular weight excluding hydrogens is 114 g/mol. The van der Waals surface area contributed by atoms with E-state index in [-0.39, 0.29) is 0 Å². The van der Waals surface area contributed by atoms with Crippen LogP contribution in [0.1, 0.15) is 20.8 Å². The Hall–Kier alpha value is -0.0800. The zero-order valence-electron chi connectivity index (χ0n) is 6.33. The number of aliphatic hydroxyl groups excluding tert-OH is 1. The summed E-state index contributed by atoms with van der Waals surface area (Å²) in [6.07, 6.45) is 0. The molecule has 1 fully saturated rings. The summed E-state index contributed by atoms with van der Waals surface area (Å²) in [5.41, 5.74) is 0. The van der Waals surface area contributed by atoms with Crippen LogP contribution in [0.4, 0.5) is 0 Å². The van der Waals surface area contributed by atoms with Gasteiger partial charge in [-0.15, -0.1) is 0 Å². The zero-order chi connectivity index (χ0) is 7.02. The summed E-state index contributed by atoms with van der Waals surface area (Å²) in [6.45, 7) is 6.79. The third kappa shape index (κ3) is 1.10. The summed E-state index contributed by atoms with van der Waals surface area (Å²) >= 11 is 0. The average Bonchev–Trinajstić information content (AvgIpc) is 2.40. The molecular formula is C7H15NO. The first-order valence-corrected chi connectivity index (χ1v) is 3.56. The molecule has 1 heterocycles. The molecule has 0 aromatic carbocycles. The summed E-state index contributed by atoms with van der Waals surface area (Å²) in [5, 5.41) is 8.75. The van der Waals surface area contributed by atoms with Gasteiger partial charge in [-0.05, 0) is 20.8 Å². The zero-order valence-corrected chi connectivity index (χ0v) is 6.33. The van der Waals surface area contributed by atoms with E-state index in [1.54, 1.807) is 0 Å². The minimum Gasteiger partial charge on any atom is -0.395 e. The summed E-state index contributed by atoms with van der Waals surface area (Å²) < 4.78 is 0. The van der Waals surface area contributed by atoms with Gasteiger partial charge < -0.3 is 5.11 Å². The van der Waals surface area contributed by atoms with Gasteiger partial charge in [0.15, 0.2) is 0 Å². The van der Waals surface area contributed by atoms with Crippen LogP contribution >= 0.6 is 0 Å². The number of rotatable bonds is 2. The average molecular weight is 129 g/mol. The lowest BCUT2D eigenvalue weighted by Gasteiger charge is -2.05. The van der Waals surface area contributed by atoms with E-state index in [0.717, 1.165) is 0 Å². The molecule has 0 aromatic rings. The number of hydrogen-bond donors (Lipinski definition) is 1. The molecule has 3 atom stereocenters. The fraction of sp³-hybridized carbons (Fsp3) is 1.00. The Labute approximate surface area is 56.5 Å². The minimum absolute atomic E-state index is 0.319. The van der Waals surface area contributed by atoms with Crippen molar-refractivity contribution in [2.24, 2.45) is 0 Å². The van der Waals surface area contributed by atoms with Crippen LogP contribution in [0.25, 0.3) is 0 Å². The SMILES string of the molecule is CC(C)N1[C@H](CO)[C@@H]1C. The van der Waals surface area contributed by atoms with Gasteiger partial charge in [0.25, 0.3) is 0 Å². The highest BCUT2D eigenvalue weighted by atomic mass is 16.3. The van der Waals surface area contributed by atoms with Crippen LogP contribution in [0.2, 0.25) is 0 Å². The lowest BCUT2D eigenvalue weighted by Crippen LogP contribution is -2.14. The predicted octanol–water partition coefficient (Wildman–Crippen LogP) is 0.460. The Kier molecular flexibility index (Phi) is 1.78. The van der Waals surface area contributed by atoms with E-state index in [1.807, 2.05) is 0 Å². The highest BCUT2D eigenvalue weighted by molar-refractivity contribution is 5.00. The van der Waals surface area contributed by atoms with E-state index >= 15 is 0 Å². The molecule has 2 heteroatoms. The van der Waals surface area contributed by atoms with E-state index in [1.165, 1.54) is 0 Å². The first-order chi connectivity index (χ1) is 4.18. The third-order valence-electron chi connectivity index (χ3n) is 2.10. The van der Waals surface area contributed by atoms with Gasteiger partial charge >= 0.3 is 0 Å². The van der Waals surface area contributed by atoms with Gasteiger partial charge in [0, 0.05) is 18.1 Å². The van der Waals surface area contributed by atoms with Crippen LogP contribution in [-0.2, 0) is 0 Å². The first kappa shape index (κ1) is 7.03. The lowest BCUT2D eigenvalue weighted by atomic mass is 10.4. The molecule has 0 amide bonds. The van der Waals surface area contributed by atoms with Crippen molar-refractivity contribution in [3.8, 4) is 0 Å². The van der Waals surface area contributed by atoms with Crippen LogP contribution < -0.4 is 0 Å². The molecule has 0 aliphatic carbocycles. The number of hydrogen-bond acceptors (Lipinski definition) is 2. The van der Waals surface area contributed by atoms with E-state index < -0.39 is 0 Å². The van der Waals surface area contributed by atoms with Gasteiger partial charge in [-0.1, -0.05) is 0 Å². The fourth-order valence-corrected chi connectivity index (χ4v) is 1.54.